The van der Waals surface area contributed by atoms with Crippen molar-refractivity contribution in [1.82, 2.24) is 79.0 Å². The maximum Gasteiger partial charge on any atom is 0.283 e. The zero-order valence-electron chi connectivity index (χ0n) is 47.5. The van der Waals surface area contributed by atoms with Gasteiger partial charge < -0.3 is 0 Å². The Morgan fingerprint density at radius 2 is 0.488 bits per heavy atom. The molecule has 0 spiro atoms. The molecule has 84 heavy (non-hydrogen) atoms. The molecule has 9 aliphatic rings. The van der Waals surface area contributed by atoms with Crippen molar-refractivity contribution >= 4 is 67.4 Å². The molecule has 0 amide bonds. The first-order valence-electron chi connectivity index (χ1n) is 28.9. The van der Waals surface area contributed by atoms with E-state index in [1.807, 2.05) is 77.2 Å². The quantitative estimate of drug-likeness (QED) is 0.0711. The Bertz CT molecular complexity index is 3140. The van der Waals surface area contributed by atoms with E-state index in [1.165, 1.54) is 156 Å². The molecule has 6 saturated heterocycles. The molecule has 2 atom stereocenters. The minimum Gasteiger partial charge on any atom is -0.287 e. The second-order valence-corrected chi connectivity index (χ2v) is 45.9. The standard InChI is InChI=1S/C24H48N9P3.C19H19N14P3.CH13N8P3/c1-2-14-28(13-1)34(29-15-3-4-16-29)25-35(30-17-5-6-18-30,31-19-7-8-20-31)27-36(26-34,32-21-9-10-22-32)33-23-11-12-24-33;1-2-9-28(8-1)34(29-10-3-20-15-29)25-35(30-11-4-21-16-30,31-12-5-22-17-31)27-36(26-34,32-13-6-23-18-32)33-14-7-24-19-33;1-10(2)7-11(3,4)9-12(5,6)8-10/h1-24H2;1-19H;2-6H2,1H3. The summed E-state index contributed by atoms with van der Waals surface area (Å²) >= 11 is 0. The zero-order valence-corrected chi connectivity index (χ0v) is 55.5. The molecule has 31 nitrogen and oxygen atoms in total. The largest absolute Gasteiger partial charge is 0.287 e. The van der Waals surface area contributed by atoms with Gasteiger partial charge >= 0.3 is 0 Å². The molecular formula is C44H80N31P9. The Hall–Kier alpha value is -3.04. The highest BCUT2D eigenvalue weighted by Gasteiger charge is 2.54. The van der Waals surface area contributed by atoms with E-state index in [1.54, 1.807) is 69.3 Å². The minimum atomic E-state index is -3.01. The predicted molar refractivity (Wildman–Crippen MR) is 344 cm³/mol. The molecule has 0 aliphatic carbocycles. The fourth-order valence-electron chi connectivity index (χ4n) is 12.4. The summed E-state index contributed by atoms with van der Waals surface area (Å²) in [6, 6.07) is 3.94. The predicted octanol–water partition coefficient (Wildman–Crippen LogP) is 11.7. The van der Waals surface area contributed by atoms with Gasteiger partial charge in [0.05, 0.1) is 0 Å². The normalized spacial score (nSPS) is 28.8. The summed E-state index contributed by atoms with van der Waals surface area (Å²) in [7, 11) is -23.3. The summed E-state index contributed by atoms with van der Waals surface area (Å²) in [5.41, 5.74) is 27.8. The number of imidazole rings is 5. The number of nitrogens with two attached hydrogens (primary N) is 5. The molecule has 0 saturated carbocycles. The van der Waals surface area contributed by atoms with Crippen LogP contribution < -0.4 is 27.5 Å². The fraction of sp³-hybridized carbons (Fsp3) is 0.568. The van der Waals surface area contributed by atoms with E-state index in [4.69, 9.17) is 54.6 Å². The van der Waals surface area contributed by atoms with Gasteiger partial charge in [0.25, 0.3) is 22.5 Å². The summed E-state index contributed by atoms with van der Waals surface area (Å²) in [6.45, 7) is 15.9. The number of hydrogen-bond acceptors (Lipinski definition) is 25. The molecule has 6 aromatic rings. The Morgan fingerprint density at radius 3 is 0.702 bits per heavy atom. The lowest BCUT2D eigenvalue weighted by atomic mass is 10.4. The molecule has 0 aromatic carbocycles. The number of nitrogens with zero attached hydrogens (tertiary/aromatic N) is 26. The molecular weight excluding hydrogens is 1240 g/mol. The van der Waals surface area contributed by atoms with Crippen molar-refractivity contribution in [1.29, 1.82) is 0 Å². The van der Waals surface area contributed by atoms with Crippen molar-refractivity contribution in [3.8, 4) is 0 Å². The average Bonchev–Trinajstić information content (AvgIpc) is 1.42. The molecule has 15 rings (SSSR count). The van der Waals surface area contributed by atoms with Gasteiger partial charge in [-0.1, -0.05) is 0 Å². The van der Waals surface area contributed by atoms with E-state index < -0.39 is 67.4 Å². The summed E-state index contributed by atoms with van der Waals surface area (Å²) < 4.78 is 76.3. The number of rotatable bonds is 12. The maximum absolute atomic E-state index is 6.28. The van der Waals surface area contributed by atoms with Gasteiger partial charge in [0.2, 0.25) is 37.5 Å². The first kappa shape index (κ1) is 59.9. The molecule has 6 aromatic heterocycles. The van der Waals surface area contributed by atoms with Crippen LogP contribution in [0.25, 0.3) is 0 Å². The van der Waals surface area contributed by atoms with Crippen LogP contribution in [0.2, 0.25) is 0 Å². The lowest BCUT2D eigenvalue weighted by molar-refractivity contribution is 0.437. The third-order valence-corrected chi connectivity index (χ3v) is 47.2. The van der Waals surface area contributed by atoms with Crippen molar-refractivity contribution in [3.63, 3.8) is 0 Å². The van der Waals surface area contributed by atoms with Crippen LogP contribution >= 0.6 is 67.4 Å². The average molecular weight is 1320 g/mol. The van der Waals surface area contributed by atoms with Gasteiger partial charge in [-0.15, -0.1) is 0 Å². The first-order valence-corrected chi connectivity index (χ1v) is 44.4. The van der Waals surface area contributed by atoms with Crippen LogP contribution in [0, 0.1) is 0 Å². The van der Waals surface area contributed by atoms with Gasteiger partial charge in [-0.2, -0.15) is 40.6 Å². The molecule has 0 radical (unpaired) electrons. The second-order valence-electron chi connectivity index (χ2n) is 22.1. The lowest BCUT2D eigenvalue weighted by Gasteiger charge is -2.50. The molecule has 456 valence electrons. The van der Waals surface area contributed by atoms with Crippen molar-refractivity contribution < 1.29 is 0 Å². The van der Waals surface area contributed by atoms with Gasteiger partial charge in [-0.3, -0.25) is 53.5 Å². The lowest BCUT2D eigenvalue weighted by Crippen LogP contribution is -2.35. The smallest absolute Gasteiger partial charge is 0.283 e. The van der Waals surface area contributed by atoms with E-state index in [9.17, 15) is 0 Å². The summed E-state index contributed by atoms with van der Waals surface area (Å²) in [4.78, 5) is 21.8. The zero-order chi connectivity index (χ0) is 57.7. The Kier molecular flexibility index (Phi) is 17.2. The molecule has 2 unspecified atom stereocenters. The molecule has 40 heteroatoms. The van der Waals surface area contributed by atoms with Gasteiger partial charge in [0, 0.05) is 160 Å². The van der Waals surface area contributed by atoms with Gasteiger partial charge in [0.1, 0.15) is 39.0 Å². The van der Waals surface area contributed by atoms with Crippen molar-refractivity contribution in [2.75, 3.05) is 85.2 Å². The Morgan fingerprint density at radius 1 is 0.262 bits per heavy atom. The van der Waals surface area contributed by atoms with Crippen LogP contribution in [-0.4, -0.2) is 164 Å². The minimum absolute atomic E-state index is 1.19. The first-order chi connectivity index (χ1) is 40.6. The van der Waals surface area contributed by atoms with Gasteiger partial charge in [-0.25, -0.2) is 52.9 Å². The van der Waals surface area contributed by atoms with Crippen LogP contribution in [0.1, 0.15) is 77.0 Å². The molecule has 0 bridgehead atoms. The summed E-state index contributed by atoms with van der Waals surface area (Å²) in [5.74, 6) is 0. The van der Waals surface area contributed by atoms with Crippen LogP contribution in [0.15, 0.2) is 159 Å². The molecule has 6 fully saturated rings. The second kappa shape index (κ2) is 24.1. The molecule has 9 aliphatic heterocycles. The van der Waals surface area contributed by atoms with E-state index >= 15 is 0 Å². The highest BCUT2D eigenvalue weighted by atomic mass is 31.3. The SMILES string of the molecule is C1CCN(P2(N3CCCC3)=NP(N3CCCC3)(N3CCCC3)=NP(N3CCCC3)(N3CCCC3)=N2)C1.CP1(N)=NP(N)(N)=NP(N)(N)=N1.c1ccn(P2(n3ccnc3)=NP(n3ccnc3)(n3ccnc3)=NP(n3ccnc3)(n3ccnc3)=N2)c1. The van der Waals surface area contributed by atoms with Crippen molar-refractivity contribution in [3.05, 3.63) is 118 Å². The van der Waals surface area contributed by atoms with Crippen molar-refractivity contribution in [2.24, 2.45) is 68.2 Å². The number of aromatic nitrogens is 11. The highest BCUT2D eigenvalue weighted by Crippen LogP contribution is 2.85. The van der Waals surface area contributed by atoms with E-state index in [0.29, 0.717) is 0 Å². The van der Waals surface area contributed by atoms with Crippen molar-refractivity contribution in [2.45, 2.75) is 77.0 Å². The van der Waals surface area contributed by atoms with Crippen LogP contribution in [0.5, 0.6) is 0 Å². The monoisotopic (exact) mass is 1320 g/mol. The van der Waals surface area contributed by atoms with Crippen LogP contribution in [-0.2, 0) is 0 Å². The van der Waals surface area contributed by atoms with E-state index in [0.717, 1.165) is 0 Å². The molecule has 10 N–H and O–H groups in total. The van der Waals surface area contributed by atoms with Gasteiger partial charge in [0.15, 0.2) is 0 Å². The van der Waals surface area contributed by atoms with E-state index in [-0.39, 0.29) is 0 Å². The van der Waals surface area contributed by atoms with Gasteiger partial charge in [-0.05, 0) is 89.2 Å². The number of hydrogen-bond donors (Lipinski definition) is 5. The maximum atomic E-state index is 6.28. The third-order valence-electron chi connectivity index (χ3n) is 16.0. The van der Waals surface area contributed by atoms with Crippen LogP contribution in [0.4, 0.5) is 0 Å². The fourth-order valence-corrected chi connectivity index (χ4v) is 50.1. The summed E-state index contributed by atoms with van der Waals surface area (Å²) in [6.07, 6.45) is 46.7. The Balaban J connectivity index is 0.000000131. The molecule has 15 heterocycles. The van der Waals surface area contributed by atoms with Crippen LogP contribution in [0.3, 0.4) is 0 Å². The highest BCUT2D eigenvalue weighted by molar-refractivity contribution is 7.85. The third kappa shape index (κ3) is 11.2. The topological polar surface area (TPSA) is 355 Å². The summed E-state index contributed by atoms with van der Waals surface area (Å²) in [5, 5.41) is 0. The van der Waals surface area contributed by atoms with E-state index in [2.05, 4.69) is 70.8 Å². The Labute approximate surface area is 492 Å².